The molecule has 0 unspecified atom stereocenters. The molecule has 5 nitrogen and oxygen atoms in total. The summed E-state index contributed by atoms with van der Waals surface area (Å²) in [7, 11) is 1.41. The van der Waals surface area contributed by atoms with Crippen LogP contribution in [0.4, 0.5) is 28.1 Å². The van der Waals surface area contributed by atoms with Gasteiger partial charge in [-0.1, -0.05) is 11.3 Å². The van der Waals surface area contributed by atoms with E-state index in [1.165, 1.54) is 7.05 Å². The Balaban J connectivity index is 2.06. The van der Waals surface area contributed by atoms with E-state index < -0.39 is 17.8 Å². The first-order valence-corrected chi connectivity index (χ1v) is 7.04. The van der Waals surface area contributed by atoms with Gasteiger partial charge in [0.2, 0.25) is 9.60 Å². The Bertz CT molecular complexity index is 627. The zero-order valence-electron chi connectivity index (χ0n) is 9.73. The second-order valence-corrected chi connectivity index (χ2v) is 5.97. The van der Waals surface area contributed by atoms with Gasteiger partial charge in [-0.15, -0.1) is 21.5 Å². The molecule has 0 bridgehead atoms. The third-order valence-electron chi connectivity index (χ3n) is 2.14. The number of urea groups is 1. The fourth-order valence-electron chi connectivity index (χ4n) is 1.16. The van der Waals surface area contributed by atoms with Crippen LogP contribution in [0.25, 0.3) is 0 Å². The van der Waals surface area contributed by atoms with E-state index in [-0.39, 0.29) is 14.6 Å². The Hall–Kier alpha value is -1.39. The number of nitrogens with zero attached hydrogens (tertiary/aromatic N) is 3. The molecule has 2 aromatic heterocycles. The summed E-state index contributed by atoms with van der Waals surface area (Å²) in [5.41, 5.74) is -0.806. The number of halogens is 4. The van der Waals surface area contributed by atoms with Crippen LogP contribution in [0.5, 0.6) is 0 Å². The molecule has 0 saturated heterocycles. The molecule has 0 spiro atoms. The average molecular weight is 343 g/mol. The number of alkyl halides is 3. The second-order valence-electron chi connectivity index (χ2n) is 3.52. The highest BCUT2D eigenvalue weighted by atomic mass is 35.5. The molecule has 2 rings (SSSR count). The summed E-state index contributed by atoms with van der Waals surface area (Å²) in [6.07, 6.45) is -4.43. The number of nitrogens with one attached hydrogen (secondary N) is 1. The van der Waals surface area contributed by atoms with Crippen LogP contribution in [0, 0.1) is 0 Å². The van der Waals surface area contributed by atoms with Crippen molar-refractivity contribution >= 4 is 50.4 Å². The summed E-state index contributed by atoms with van der Waals surface area (Å²) >= 11 is 7.35. The normalized spacial score (nSPS) is 11.4. The van der Waals surface area contributed by atoms with Gasteiger partial charge in [-0.2, -0.15) is 13.2 Å². The van der Waals surface area contributed by atoms with Crippen LogP contribution in [-0.4, -0.2) is 23.3 Å². The summed E-state index contributed by atoms with van der Waals surface area (Å²) in [6.45, 7) is 0. The summed E-state index contributed by atoms with van der Waals surface area (Å²) in [4.78, 5) is 12.9. The molecule has 2 heterocycles. The number of anilines is 2. The van der Waals surface area contributed by atoms with Crippen molar-refractivity contribution in [2.24, 2.45) is 0 Å². The maximum atomic E-state index is 12.4. The van der Waals surface area contributed by atoms with E-state index in [4.69, 9.17) is 11.6 Å². The van der Waals surface area contributed by atoms with E-state index in [1.807, 2.05) is 0 Å². The first kappa shape index (κ1) is 15.0. The molecule has 20 heavy (non-hydrogen) atoms. The number of amides is 2. The smallest absolute Gasteiger partial charge is 0.299 e. The van der Waals surface area contributed by atoms with Crippen LogP contribution >= 0.6 is 34.3 Å². The quantitative estimate of drug-likeness (QED) is 0.899. The molecule has 2 amide bonds. The summed E-state index contributed by atoms with van der Waals surface area (Å²) in [6, 6.07) is 0.233. The van der Waals surface area contributed by atoms with Gasteiger partial charge < -0.3 is 0 Å². The third-order valence-corrected chi connectivity index (χ3v) is 4.08. The molecule has 0 saturated carbocycles. The third kappa shape index (κ3) is 3.38. The maximum Gasteiger partial charge on any atom is 0.417 e. The maximum absolute atomic E-state index is 12.4. The van der Waals surface area contributed by atoms with Crippen LogP contribution in [0.15, 0.2) is 11.4 Å². The standard InChI is InChI=1S/C9H6ClF3N4OS2/c1-17(8-16-15-6(10)20-8)7(18)14-5-2-4(3-19-5)9(11,12)13/h2-3H,1H3,(H,14,18). The van der Waals surface area contributed by atoms with Crippen LogP contribution in [0.1, 0.15) is 5.56 Å². The Labute approximate surface area is 124 Å². The predicted molar refractivity (Wildman–Crippen MR) is 71.7 cm³/mol. The molecule has 0 atom stereocenters. The fourth-order valence-corrected chi connectivity index (χ4v) is 2.74. The molecule has 0 fully saturated rings. The van der Waals surface area contributed by atoms with Crippen LogP contribution in [0.2, 0.25) is 4.47 Å². The minimum atomic E-state index is -4.43. The first-order valence-electron chi connectivity index (χ1n) is 4.97. The van der Waals surface area contributed by atoms with Crippen LogP contribution < -0.4 is 10.2 Å². The lowest BCUT2D eigenvalue weighted by Gasteiger charge is -2.12. The van der Waals surface area contributed by atoms with Gasteiger partial charge >= 0.3 is 12.2 Å². The van der Waals surface area contributed by atoms with Gasteiger partial charge in [0.15, 0.2) is 0 Å². The summed E-state index contributed by atoms with van der Waals surface area (Å²) in [5.74, 6) is 0. The highest BCUT2D eigenvalue weighted by Gasteiger charge is 2.32. The van der Waals surface area contributed by atoms with E-state index in [9.17, 15) is 18.0 Å². The van der Waals surface area contributed by atoms with Crippen molar-refractivity contribution in [3.05, 3.63) is 21.5 Å². The molecule has 0 aliphatic rings. The number of hydrogen-bond donors (Lipinski definition) is 1. The molecule has 0 aliphatic carbocycles. The Morgan fingerprint density at radius 3 is 2.65 bits per heavy atom. The van der Waals surface area contributed by atoms with Gasteiger partial charge in [-0.3, -0.25) is 10.2 Å². The Kier molecular flexibility index (Phi) is 4.16. The number of aromatic nitrogens is 2. The number of hydrogen-bond acceptors (Lipinski definition) is 5. The SMILES string of the molecule is CN(C(=O)Nc1cc(C(F)(F)F)cs1)c1nnc(Cl)s1. The zero-order valence-corrected chi connectivity index (χ0v) is 12.1. The minimum absolute atomic E-state index is 0.0878. The molecule has 2 aromatic rings. The highest BCUT2D eigenvalue weighted by Crippen LogP contribution is 2.34. The monoisotopic (exact) mass is 342 g/mol. The number of rotatable bonds is 2. The average Bonchev–Trinajstić information content (AvgIpc) is 2.96. The molecule has 0 aromatic carbocycles. The van der Waals surface area contributed by atoms with Crippen molar-refractivity contribution < 1.29 is 18.0 Å². The zero-order chi connectivity index (χ0) is 14.9. The fraction of sp³-hybridized carbons (Fsp3) is 0.222. The lowest BCUT2D eigenvalue weighted by molar-refractivity contribution is -0.137. The van der Waals surface area contributed by atoms with Crippen LogP contribution in [0.3, 0.4) is 0 Å². The van der Waals surface area contributed by atoms with Gasteiger partial charge in [0, 0.05) is 12.4 Å². The van der Waals surface area contributed by atoms with E-state index >= 15 is 0 Å². The van der Waals surface area contributed by atoms with Gasteiger partial charge in [0.1, 0.15) is 0 Å². The van der Waals surface area contributed by atoms with E-state index in [1.54, 1.807) is 0 Å². The lowest BCUT2D eigenvalue weighted by Crippen LogP contribution is -2.30. The van der Waals surface area contributed by atoms with Crippen molar-refractivity contribution in [2.45, 2.75) is 6.18 Å². The van der Waals surface area contributed by atoms with Gasteiger partial charge in [-0.25, -0.2) is 4.79 Å². The van der Waals surface area contributed by atoms with Gasteiger partial charge in [0.05, 0.1) is 10.6 Å². The minimum Gasteiger partial charge on any atom is -0.299 e. The van der Waals surface area contributed by atoms with Crippen molar-refractivity contribution in [3.63, 3.8) is 0 Å². The Morgan fingerprint density at radius 2 is 2.15 bits per heavy atom. The topological polar surface area (TPSA) is 58.1 Å². The molecule has 1 N–H and O–H groups in total. The number of thiophene rings is 1. The molecule has 0 radical (unpaired) electrons. The highest BCUT2D eigenvalue weighted by molar-refractivity contribution is 7.19. The second kappa shape index (κ2) is 5.54. The molecule has 11 heteroatoms. The number of carbonyl (C=O) groups excluding carboxylic acids is 1. The van der Waals surface area contributed by atoms with Crippen LogP contribution in [-0.2, 0) is 6.18 Å². The molecular formula is C9H6ClF3N4OS2. The largest absolute Gasteiger partial charge is 0.417 e. The molecule has 108 valence electrons. The van der Waals surface area contributed by atoms with E-state index in [2.05, 4.69) is 15.5 Å². The first-order chi connectivity index (χ1) is 9.27. The molecule has 0 aliphatic heterocycles. The lowest BCUT2D eigenvalue weighted by atomic mass is 10.3. The Morgan fingerprint density at radius 1 is 1.45 bits per heavy atom. The van der Waals surface area contributed by atoms with Crippen molar-refractivity contribution in [1.29, 1.82) is 0 Å². The van der Waals surface area contributed by atoms with E-state index in [0.717, 1.165) is 39.0 Å². The van der Waals surface area contributed by atoms with E-state index in [0.29, 0.717) is 0 Å². The van der Waals surface area contributed by atoms with Crippen molar-refractivity contribution in [2.75, 3.05) is 17.3 Å². The molecular weight excluding hydrogens is 337 g/mol. The van der Waals surface area contributed by atoms with Gasteiger partial charge in [0.25, 0.3) is 0 Å². The van der Waals surface area contributed by atoms with Crippen molar-refractivity contribution in [3.8, 4) is 0 Å². The van der Waals surface area contributed by atoms with Gasteiger partial charge in [-0.05, 0) is 17.7 Å². The number of carbonyl (C=O) groups is 1. The van der Waals surface area contributed by atoms with Crippen molar-refractivity contribution in [1.82, 2.24) is 10.2 Å². The predicted octanol–water partition coefficient (Wildman–Crippen LogP) is 3.94. The summed E-state index contributed by atoms with van der Waals surface area (Å²) in [5, 5.41) is 10.8. The summed E-state index contributed by atoms with van der Waals surface area (Å²) < 4.78 is 37.4.